The number of hydrogen-bond donors (Lipinski definition) is 2. The number of aryl methyl sites for hydroxylation is 2. The molecular formula is C20H29FN6O. The number of hydrogen-bond acceptors (Lipinski definition) is 4. The summed E-state index contributed by atoms with van der Waals surface area (Å²) in [5.74, 6) is 2.45. The molecule has 28 heavy (non-hydrogen) atoms. The van der Waals surface area contributed by atoms with Gasteiger partial charge in [-0.05, 0) is 31.0 Å². The highest BCUT2D eigenvalue weighted by Crippen LogP contribution is 2.18. The predicted octanol–water partition coefficient (Wildman–Crippen LogP) is 2.24. The highest BCUT2D eigenvalue weighted by molar-refractivity contribution is 5.80. The van der Waals surface area contributed by atoms with Crippen LogP contribution in [-0.4, -0.2) is 47.0 Å². The fourth-order valence-electron chi connectivity index (χ4n) is 3.31. The second-order valence-electron chi connectivity index (χ2n) is 6.86. The number of aliphatic imine (C=N–C) groups is 1. The zero-order valence-electron chi connectivity index (χ0n) is 16.8. The van der Waals surface area contributed by atoms with Gasteiger partial charge in [-0.15, -0.1) is 0 Å². The number of aromatic nitrogens is 3. The first-order valence-electron chi connectivity index (χ1n) is 9.88. The number of rotatable bonds is 7. The molecule has 1 aliphatic rings. The minimum absolute atomic E-state index is 0.226. The van der Waals surface area contributed by atoms with Gasteiger partial charge in [0.1, 0.15) is 17.7 Å². The Morgan fingerprint density at radius 3 is 2.82 bits per heavy atom. The van der Waals surface area contributed by atoms with E-state index in [-0.39, 0.29) is 18.0 Å². The first-order valence-corrected chi connectivity index (χ1v) is 9.88. The normalized spacial score (nSPS) is 17.9. The van der Waals surface area contributed by atoms with Crippen molar-refractivity contribution in [1.29, 1.82) is 0 Å². The third kappa shape index (κ3) is 5.07. The zero-order valence-corrected chi connectivity index (χ0v) is 16.8. The molecule has 0 bridgehead atoms. The fourth-order valence-corrected chi connectivity index (χ4v) is 3.31. The number of fused-ring (bicyclic) bond motifs is 1. The monoisotopic (exact) mass is 388 g/mol. The summed E-state index contributed by atoms with van der Waals surface area (Å²) < 4.78 is 20.7. The molecule has 2 atom stereocenters. The maximum Gasteiger partial charge on any atom is 0.191 e. The number of guanidine groups is 1. The first kappa shape index (κ1) is 20.3. The van der Waals surface area contributed by atoms with Gasteiger partial charge in [-0.3, -0.25) is 4.99 Å². The van der Waals surface area contributed by atoms with Crippen LogP contribution in [-0.2, 0) is 24.1 Å². The quantitative estimate of drug-likeness (QED) is 0.562. The molecule has 152 valence electrons. The van der Waals surface area contributed by atoms with E-state index in [1.165, 1.54) is 12.1 Å². The SMILES string of the molecule is CCNC(=NCC(OC)c1ccc(F)cc1)NC1CCc2nc(CC)nn2C1. The first-order chi connectivity index (χ1) is 13.6. The molecule has 2 heterocycles. The molecule has 0 amide bonds. The molecule has 8 heteroatoms. The van der Waals surface area contributed by atoms with Crippen molar-refractivity contribution in [3.63, 3.8) is 0 Å². The van der Waals surface area contributed by atoms with Crippen molar-refractivity contribution in [2.75, 3.05) is 20.2 Å². The van der Waals surface area contributed by atoms with Crippen LogP contribution in [0.1, 0.15) is 43.6 Å². The predicted molar refractivity (Wildman–Crippen MR) is 107 cm³/mol. The van der Waals surface area contributed by atoms with Crippen molar-refractivity contribution < 1.29 is 9.13 Å². The Morgan fingerprint density at radius 2 is 2.14 bits per heavy atom. The highest BCUT2D eigenvalue weighted by atomic mass is 19.1. The summed E-state index contributed by atoms with van der Waals surface area (Å²) in [7, 11) is 1.64. The summed E-state index contributed by atoms with van der Waals surface area (Å²) >= 11 is 0. The lowest BCUT2D eigenvalue weighted by atomic mass is 10.1. The Bertz CT molecular complexity index is 788. The summed E-state index contributed by atoms with van der Waals surface area (Å²) in [5, 5.41) is 11.3. The number of nitrogens with one attached hydrogen (secondary N) is 2. The van der Waals surface area contributed by atoms with E-state index in [0.717, 1.165) is 55.5 Å². The van der Waals surface area contributed by atoms with Crippen LogP contribution in [0.25, 0.3) is 0 Å². The molecule has 0 aliphatic carbocycles. The lowest BCUT2D eigenvalue weighted by Gasteiger charge is -2.25. The van der Waals surface area contributed by atoms with E-state index in [2.05, 4.69) is 32.6 Å². The maximum atomic E-state index is 13.2. The Balaban J connectivity index is 1.64. The summed E-state index contributed by atoms with van der Waals surface area (Å²) in [6.45, 7) is 6.09. The van der Waals surface area contributed by atoms with Crippen molar-refractivity contribution in [1.82, 2.24) is 25.4 Å². The van der Waals surface area contributed by atoms with Crippen LogP contribution in [0.15, 0.2) is 29.3 Å². The van der Waals surface area contributed by atoms with Gasteiger partial charge in [0.15, 0.2) is 11.8 Å². The molecule has 1 aromatic carbocycles. The van der Waals surface area contributed by atoms with Gasteiger partial charge in [-0.25, -0.2) is 14.1 Å². The minimum Gasteiger partial charge on any atom is -0.375 e. The standard InChI is InChI=1S/C20H29FN6O/c1-4-18-25-19-11-10-16(13-27(19)26-18)24-20(22-5-2)23-12-17(28-3)14-6-8-15(21)9-7-14/h6-9,16-17H,4-5,10-13H2,1-3H3,(H2,22,23,24). The smallest absolute Gasteiger partial charge is 0.191 e. The molecular weight excluding hydrogens is 359 g/mol. The van der Waals surface area contributed by atoms with Gasteiger partial charge < -0.3 is 15.4 Å². The second kappa shape index (κ2) is 9.64. The molecule has 1 aromatic heterocycles. The molecule has 3 rings (SSSR count). The number of ether oxygens (including phenoxy) is 1. The third-order valence-electron chi connectivity index (χ3n) is 4.84. The minimum atomic E-state index is -0.256. The lowest BCUT2D eigenvalue weighted by Crippen LogP contribution is -2.47. The Hall–Kier alpha value is -2.48. The molecule has 2 N–H and O–H groups in total. The van der Waals surface area contributed by atoms with Crippen molar-refractivity contribution in [3.05, 3.63) is 47.3 Å². The summed E-state index contributed by atoms with van der Waals surface area (Å²) in [6, 6.07) is 6.59. The molecule has 0 saturated carbocycles. The van der Waals surface area contributed by atoms with E-state index < -0.39 is 0 Å². The molecule has 0 spiro atoms. The Morgan fingerprint density at radius 1 is 1.36 bits per heavy atom. The van der Waals surface area contributed by atoms with Crippen molar-refractivity contribution in [2.45, 2.75) is 51.8 Å². The fraction of sp³-hybridized carbons (Fsp3) is 0.550. The van der Waals surface area contributed by atoms with E-state index in [1.807, 2.05) is 11.6 Å². The average Bonchev–Trinajstić information content (AvgIpc) is 3.12. The van der Waals surface area contributed by atoms with Crippen LogP contribution in [0.5, 0.6) is 0 Å². The van der Waals surface area contributed by atoms with Gasteiger partial charge in [0.25, 0.3) is 0 Å². The van der Waals surface area contributed by atoms with E-state index in [1.54, 1.807) is 19.2 Å². The number of methoxy groups -OCH3 is 1. The topological polar surface area (TPSA) is 76.4 Å². The number of nitrogens with zero attached hydrogens (tertiary/aromatic N) is 4. The van der Waals surface area contributed by atoms with Crippen LogP contribution in [0.3, 0.4) is 0 Å². The van der Waals surface area contributed by atoms with Gasteiger partial charge in [0.05, 0.1) is 13.1 Å². The van der Waals surface area contributed by atoms with Gasteiger partial charge >= 0.3 is 0 Å². The Kier molecular flexibility index (Phi) is 6.97. The highest BCUT2D eigenvalue weighted by Gasteiger charge is 2.22. The van der Waals surface area contributed by atoms with Gasteiger partial charge in [-0.2, -0.15) is 5.10 Å². The summed E-state index contributed by atoms with van der Waals surface area (Å²) in [5.41, 5.74) is 0.903. The van der Waals surface area contributed by atoms with Gasteiger partial charge in [0, 0.05) is 32.5 Å². The van der Waals surface area contributed by atoms with Crippen molar-refractivity contribution >= 4 is 5.96 Å². The van der Waals surface area contributed by atoms with Gasteiger partial charge in [-0.1, -0.05) is 19.1 Å². The van der Waals surface area contributed by atoms with E-state index in [0.29, 0.717) is 6.54 Å². The van der Waals surface area contributed by atoms with E-state index in [9.17, 15) is 4.39 Å². The van der Waals surface area contributed by atoms with Gasteiger partial charge in [0.2, 0.25) is 0 Å². The Labute approximate surface area is 165 Å². The molecule has 0 fully saturated rings. The lowest BCUT2D eigenvalue weighted by molar-refractivity contribution is 0.111. The molecule has 0 radical (unpaired) electrons. The summed E-state index contributed by atoms with van der Waals surface area (Å²) in [6.07, 6.45) is 2.51. The van der Waals surface area contributed by atoms with Crippen molar-refractivity contribution in [2.24, 2.45) is 4.99 Å². The molecule has 0 saturated heterocycles. The second-order valence-corrected chi connectivity index (χ2v) is 6.86. The average molecular weight is 388 g/mol. The van der Waals surface area contributed by atoms with Crippen LogP contribution in [0.4, 0.5) is 4.39 Å². The third-order valence-corrected chi connectivity index (χ3v) is 4.84. The number of benzene rings is 1. The molecule has 7 nitrogen and oxygen atoms in total. The molecule has 1 aliphatic heterocycles. The van der Waals surface area contributed by atoms with E-state index in [4.69, 9.17) is 4.74 Å². The number of halogens is 1. The van der Waals surface area contributed by atoms with Crippen molar-refractivity contribution in [3.8, 4) is 0 Å². The zero-order chi connectivity index (χ0) is 19.9. The van der Waals surface area contributed by atoms with Crippen LogP contribution in [0.2, 0.25) is 0 Å². The van der Waals surface area contributed by atoms with E-state index >= 15 is 0 Å². The van der Waals surface area contributed by atoms with Crippen LogP contribution >= 0.6 is 0 Å². The largest absolute Gasteiger partial charge is 0.375 e. The molecule has 2 aromatic rings. The molecule has 2 unspecified atom stereocenters. The maximum absolute atomic E-state index is 13.2. The summed E-state index contributed by atoms with van der Waals surface area (Å²) in [4.78, 5) is 9.25. The van der Waals surface area contributed by atoms with Crippen LogP contribution < -0.4 is 10.6 Å². The van der Waals surface area contributed by atoms with Crippen LogP contribution in [0, 0.1) is 5.82 Å².